The summed E-state index contributed by atoms with van der Waals surface area (Å²) in [5.74, 6) is -0.476. The number of hydrogen-bond acceptors (Lipinski definition) is 4. The number of hydrogen-bond donors (Lipinski definition) is 1. The number of ketones is 1. The molecule has 0 aliphatic heterocycles. The van der Waals surface area contributed by atoms with Crippen molar-refractivity contribution in [3.05, 3.63) is 110 Å². The van der Waals surface area contributed by atoms with Crippen LogP contribution in [0, 0.1) is 6.92 Å². The number of carbonyl (C=O) groups excluding carboxylic acids is 2. The number of para-hydroxylation sites is 1. The first-order valence-corrected chi connectivity index (χ1v) is 11.0. The Balaban J connectivity index is 1.64. The number of Topliss-reactive ketones (excluding diaryl/α,β-unsaturated/α-hetero) is 1. The van der Waals surface area contributed by atoms with Crippen molar-refractivity contribution in [3.63, 3.8) is 0 Å². The van der Waals surface area contributed by atoms with E-state index in [0.29, 0.717) is 28.6 Å². The lowest BCUT2D eigenvalue weighted by molar-refractivity contribution is -0.116. The van der Waals surface area contributed by atoms with Gasteiger partial charge in [-0.1, -0.05) is 42.0 Å². The lowest BCUT2D eigenvalue weighted by Gasteiger charge is -2.14. The van der Waals surface area contributed by atoms with Gasteiger partial charge in [0.2, 0.25) is 5.91 Å². The Morgan fingerprint density at radius 1 is 0.882 bits per heavy atom. The van der Waals surface area contributed by atoms with Gasteiger partial charge in [-0.25, -0.2) is 4.79 Å². The Hall–Kier alpha value is -4.26. The molecule has 0 saturated heterocycles. The minimum atomic E-state index is -0.529. The summed E-state index contributed by atoms with van der Waals surface area (Å²) in [6, 6.07) is 21.2. The summed E-state index contributed by atoms with van der Waals surface area (Å²) in [6.45, 7) is 3.42. The molecule has 7 heteroatoms. The van der Waals surface area contributed by atoms with Crippen molar-refractivity contribution in [1.29, 1.82) is 0 Å². The lowest BCUT2D eigenvalue weighted by atomic mass is 10.1. The first-order valence-electron chi connectivity index (χ1n) is 11.0. The van der Waals surface area contributed by atoms with E-state index < -0.39 is 11.6 Å². The van der Waals surface area contributed by atoms with Crippen molar-refractivity contribution in [3.8, 4) is 0 Å². The Kier molecular flexibility index (Phi) is 6.54. The number of nitrogens with one attached hydrogen (secondary N) is 1. The van der Waals surface area contributed by atoms with Gasteiger partial charge in [0.1, 0.15) is 6.54 Å². The summed E-state index contributed by atoms with van der Waals surface area (Å²) in [4.78, 5) is 50.6. The van der Waals surface area contributed by atoms with Crippen LogP contribution >= 0.6 is 0 Å². The van der Waals surface area contributed by atoms with Gasteiger partial charge in [-0.05, 0) is 62.2 Å². The highest BCUT2D eigenvalue weighted by Crippen LogP contribution is 2.12. The largest absolute Gasteiger partial charge is 0.331 e. The zero-order valence-electron chi connectivity index (χ0n) is 19.1. The fraction of sp³-hybridized carbons (Fsp3) is 0.185. The molecular formula is C27H25N3O4. The van der Waals surface area contributed by atoms with Crippen LogP contribution in [0.4, 0.5) is 5.69 Å². The second kappa shape index (κ2) is 9.70. The molecule has 4 aromatic rings. The van der Waals surface area contributed by atoms with Crippen molar-refractivity contribution in [2.45, 2.75) is 33.4 Å². The second-order valence-corrected chi connectivity index (χ2v) is 8.26. The number of amides is 1. The van der Waals surface area contributed by atoms with E-state index in [1.807, 2.05) is 31.2 Å². The molecule has 1 amide bonds. The molecule has 0 bridgehead atoms. The van der Waals surface area contributed by atoms with Gasteiger partial charge in [-0.2, -0.15) is 0 Å². The second-order valence-electron chi connectivity index (χ2n) is 8.26. The van der Waals surface area contributed by atoms with Crippen molar-refractivity contribution >= 4 is 28.3 Å². The molecule has 0 spiro atoms. The van der Waals surface area contributed by atoms with Crippen molar-refractivity contribution in [2.24, 2.45) is 0 Å². The average molecular weight is 456 g/mol. The number of nitrogens with zero attached hydrogens (tertiary/aromatic N) is 2. The molecule has 3 aromatic carbocycles. The number of aromatic nitrogens is 2. The maximum atomic E-state index is 13.3. The van der Waals surface area contributed by atoms with E-state index in [1.165, 1.54) is 16.1 Å². The van der Waals surface area contributed by atoms with Crippen molar-refractivity contribution < 1.29 is 9.59 Å². The first-order chi connectivity index (χ1) is 16.3. The monoisotopic (exact) mass is 455 g/mol. The first kappa shape index (κ1) is 22.9. The predicted octanol–water partition coefficient (Wildman–Crippen LogP) is 3.56. The number of anilines is 1. The minimum Gasteiger partial charge on any atom is -0.325 e. The highest BCUT2D eigenvalue weighted by atomic mass is 16.2. The van der Waals surface area contributed by atoms with Gasteiger partial charge in [0.05, 0.1) is 10.9 Å². The average Bonchev–Trinajstić information content (AvgIpc) is 2.82. The third-order valence-electron chi connectivity index (χ3n) is 5.72. The topological polar surface area (TPSA) is 90.2 Å². The van der Waals surface area contributed by atoms with Crippen LogP contribution in [0.1, 0.15) is 28.4 Å². The molecule has 7 nitrogen and oxygen atoms in total. The predicted molar refractivity (Wildman–Crippen MR) is 132 cm³/mol. The van der Waals surface area contributed by atoms with Crippen LogP contribution in [0.15, 0.2) is 82.4 Å². The van der Waals surface area contributed by atoms with E-state index in [-0.39, 0.29) is 24.4 Å². The fourth-order valence-electron chi connectivity index (χ4n) is 3.96. The molecule has 1 heterocycles. The summed E-state index contributed by atoms with van der Waals surface area (Å²) in [5, 5.41) is 3.13. The summed E-state index contributed by atoms with van der Waals surface area (Å²) < 4.78 is 2.52. The Labute approximate surface area is 196 Å². The highest BCUT2D eigenvalue weighted by molar-refractivity contribution is 5.95. The zero-order valence-corrected chi connectivity index (χ0v) is 19.1. The highest BCUT2D eigenvalue weighted by Gasteiger charge is 2.15. The number of carbonyl (C=O) groups is 2. The summed E-state index contributed by atoms with van der Waals surface area (Å²) in [7, 11) is 0. The fourth-order valence-corrected chi connectivity index (χ4v) is 3.96. The van der Waals surface area contributed by atoms with Crippen LogP contribution in [-0.2, 0) is 24.3 Å². The number of aryl methyl sites for hydroxylation is 2. The standard InChI is InChI=1S/C27H25N3O4/c1-18-6-5-7-20(16-18)14-15-29-26(33)23-8-3-4-9-24(23)30(27(29)34)17-25(32)28-22-12-10-21(11-13-22)19(2)31/h3-13,16H,14-15,17H2,1-2H3,(H,28,32). The number of fused-ring (bicyclic) bond motifs is 1. The maximum absolute atomic E-state index is 13.3. The van der Waals surface area contributed by atoms with Crippen LogP contribution in [0.25, 0.3) is 10.9 Å². The molecule has 0 radical (unpaired) electrons. The van der Waals surface area contributed by atoms with Gasteiger partial charge < -0.3 is 5.32 Å². The van der Waals surface area contributed by atoms with Crippen molar-refractivity contribution in [2.75, 3.05) is 5.32 Å². The molecule has 4 rings (SSSR count). The van der Waals surface area contributed by atoms with Gasteiger partial charge in [-0.15, -0.1) is 0 Å². The van der Waals surface area contributed by atoms with Crippen LogP contribution in [0.3, 0.4) is 0 Å². The van der Waals surface area contributed by atoms with Crippen LogP contribution < -0.4 is 16.6 Å². The third kappa shape index (κ3) is 4.88. The molecule has 1 aromatic heterocycles. The molecule has 0 unspecified atom stereocenters. The SMILES string of the molecule is CC(=O)c1ccc(NC(=O)Cn2c(=O)n(CCc3cccc(C)c3)c(=O)c3ccccc32)cc1. The van der Waals surface area contributed by atoms with Crippen LogP contribution in [-0.4, -0.2) is 20.8 Å². The zero-order chi connectivity index (χ0) is 24.2. The molecule has 34 heavy (non-hydrogen) atoms. The molecular weight excluding hydrogens is 430 g/mol. The van der Waals surface area contributed by atoms with Gasteiger partial charge >= 0.3 is 5.69 Å². The lowest BCUT2D eigenvalue weighted by Crippen LogP contribution is -2.42. The van der Waals surface area contributed by atoms with E-state index in [9.17, 15) is 19.2 Å². The third-order valence-corrected chi connectivity index (χ3v) is 5.72. The Bertz CT molecular complexity index is 1500. The van der Waals surface area contributed by atoms with E-state index >= 15 is 0 Å². The van der Waals surface area contributed by atoms with Crippen LogP contribution in [0.5, 0.6) is 0 Å². The quantitative estimate of drug-likeness (QED) is 0.432. The molecule has 0 fully saturated rings. The number of benzene rings is 3. The molecule has 0 atom stereocenters. The molecule has 0 saturated carbocycles. The normalized spacial score (nSPS) is 10.9. The van der Waals surface area contributed by atoms with Gasteiger partial charge in [0.15, 0.2) is 5.78 Å². The van der Waals surface area contributed by atoms with Crippen molar-refractivity contribution in [1.82, 2.24) is 9.13 Å². The van der Waals surface area contributed by atoms with Gasteiger partial charge in [0.25, 0.3) is 5.56 Å². The molecule has 0 aliphatic rings. The van der Waals surface area contributed by atoms with Gasteiger partial charge in [-0.3, -0.25) is 23.5 Å². The Morgan fingerprint density at radius 2 is 1.62 bits per heavy atom. The summed E-state index contributed by atoms with van der Waals surface area (Å²) in [6.07, 6.45) is 0.518. The van der Waals surface area contributed by atoms with E-state index in [4.69, 9.17) is 0 Å². The summed E-state index contributed by atoms with van der Waals surface area (Å²) in [5.41, 5.74) is 2.70. The molecule has 0 aliphatic carbocycles. The number of rotatable bonds is 7. The van der Waals surface area contributed by atoms with Gasteiger partial charge in [0, 0.05) is 17.8 Å². The molecule has 172 valence electrons. The van der Waals surface area contributed by atoms with Crippen LogP contribution in [0.2, 0.25) is 0 Å². The Morgan fingerprint density at radius 3 is 2.32 bits per heavy atom. The van der Waals surface area contributed by atoms with E-state index in [0.717, 1.165) is 11.1 Å². The van der Waals surface area contributed by atoms with E-state index in [2.05, 4.69) is 5.32 Å². The summed E-state index contributed by atoms with van der Waals surface area (Å²) >= 11 is 0. The van der Waals surface area contributed by atoms with E-state index in [1.54, 1.807) is 48.5 Å². The molecule has 1 N–H and O–H groups in total. The minimum absolute atomic E-state index is 0.0659. The smallest absolute Gasteiger partial charge is 0.325 e. The maximum Gasteiger partial charge on any atom is 0.331 e.